The van der Waals surface area contributed by atoms with Crippen molar-refractivity contribution < 1.29 is 24.2 Å². The summed E-state index contributed by atoms with van der Waals surface area (Å²) in [5, 5.41) is 21.0. The SMILES string of the molecule is C[C@@H]1CN([C@@H](C)CO)C(=O)Cc2cc(NC(=O)NC3CCCCC3)ccc2O[C@@H]1CN(C)C(=O)Nc1cccc2ccccc12. The zero-order valence-electron chi connectivity index (χ0n) is 26.4. The lowest BCUT2D eigenvalue weighted by Crippen LogP contribution is -2.48. The molecule has 0 unspecified atom stereocenters. The molecular formula is C35H45N5O5. The summed E-state index contributed by atoms with van der Waals surface area (Å²) in [6.07, 6.45) is 4.99. The predicted molar refractivity (Wildman–Crippen MR) is 177 cm³/mol. The van der Waals surface area contributed by atoms with Crippen LogP contribution in [0.25, 0.3) is 10.8 Å². The molecule has 0 aromatic heterocycles. The topological polar surface area (TPSA) is 123 Å². The molecule has 3 aromatic carbocycles. The first-order valence-corrected chi connectivity index (χ1v) is 16.0. The van der Waals surface area contributed by atoms with Gasteiger partial charge < -0.3 is 35.6 Å². The van der Waals surface area contributed by atoms with E-state index in [1.54, 1.807) is 35.0 Å². The van der Waals surface area contributed by atoms with Gasteiger partial charge in [0.1, 0.15) is 11.9 Å². The molecule has 0 spiro atoms. The molecular weight excluding hydrogens is 570 g/mol. The van der Waals surface area contributed by atoms with Gasteiger partial charge in [0.25, 0.3) is 0 Å². The zero-order valence-corrected chi connectivity index (χ0v) is 26.4. The summed E-state index contributed by atoms with van der Waals surface area (Å²) in [5.41, 5.74) is 1.92. The van der Waals surface area contributed by atoms with Crippen molar-refractivity contribution in [1.82, 2.24) is 15.1 Å². The summed E-state index contributed by atoms with van der Waals surface area (Å²) in [5.74, 6) is 0.223. The second-order valence-corrected chi connectivity index (χ2v) is 12.5. The van der Waals surface area contributed by atoms with Crippen molar-refractivity contribution in [3.8, 4) is 5.75 Å². The van der Waals surface area contributed by atoms with Crippen LogP contribution < -0.4 is 20.7 Å². The first-order chi connectivity index (χ1) is 21.7. The van der Waals surface area contributed by atoms with E-state index >= 15 is 0 Å². The Morgan fingerprint density at radius 3 is 2.58 bits per heavy atom. The highest BCUT2D eigenvalue weighted by Gasteiger charge is 2.32. The molecule has 0 bridgehead atoms. The average molecular weight is 616 g/mol. The van der Waals surface area contributed by atoms with Gasteiger partial charge in [0.05, 0.1) is 31.3 Å². The maximum Gasteiger partial charge on any atom is 0.321 e. The largest absolute Gasteiger partial charge is 0.488 e. The van der Waals surface area contributed by atoms with E-state index in [0.29, 0.717) is 23.5 Å². The number of fused-ring (bicyclic) bond motifs is 2. The third-order valence-corrected chi connectivity index (χ3v) is 8.95. The molecule has 1 fully saturated rings. The molecule has 1 saturated carbocycles. The molecule has 2 aliphatic rings. The Morgan fingerprint density at radius 2 is 1.80 bits per heavy atom. The number of ether oxygens (including phenoxy) is 1. The molecule has 5 rings (SSSR count). The number of benzene rings is 3. The van der Waals surface area contributed by atoms with Gasteiger partial charge >= 0.3 is 12.1 Å². The van der Waals surface area contributed by atoms with Crippen molar-refractivity contribution in [2.24, 2.45) is 5.92 Å². The van der Waals surface area contributed by atoms with Gasteiger partial charge in [0.15, 0.2) is 0 Å². The van der Waals surface area contributed by atoms with Crippen LogP contribution in [-0.2, 0) is 11.2 Å². The number of nitrogens with zero attached hydrogens (tertiary/aromatic N) is 2. The third-order valence-electron chi connectivity index (χ3n) is 8.95. The summed E-state index contributed by atoms with van der Waals surface area (Å²) >= 11 is 0. The fourth-order valence-electron chi connectivity index (χ4n) is 6.22. The van der Waals surface area contributed by atoms with E-state index in [1.807, 2.05) is 56.3 Å². The standard InChI is InChI=1S/C35H45N5O5/c1-23-20-40(24(2)22-41)33(42)19-26-18-28(37-34(43)36-27-12-5-4-6-13-27)16-17-31(26)45-32(23)21-39(3)35(44)38-30-15-9-11-25-10-7-8-14-29(25)30/h7-11,14-18,23-24,27,32,41H,4-6,12-13,19-22H2,1-3H3,(H,38,44)(H2,36,37,43)/t23-,24+,32-/m1/s1. The Morgan fingerprint density at radius 1 is 1.04 bits per heavy atom. The van der Waals surface area contributed by atoms with Gasteiger partial charge in [-0.15, -0.1) is 0 Å². The van der Waals surface area contributed by atoms with Crippen LogP contribution in [-0.4, -0.2) is 77.8 Å². The fraction of sp³-hybridized carbons (Fsp3) is 0.457. The van der Waals surface area contributed by atoms with Crippen LogP contribution in [0, 0.1) is 5.92 Å². The van der Waals surface area contributed by atoms with Gasteiger partial charge in [-0.2, -0.15) is 0 Å². The van der Waals surface area contributed by atoms with E-state index in [-0.39, 0.29) is 49.5 Å². The summed E-state index contributed by atoms with van der Waals surface area (Å²) in [6.45, 7) is 4.25. The third kappa shape index (κ3) is 8.05. The molecule has 240 valence electrons. The Balaban J connectivity index is 1.34. The summed E-state index contributed by atoms with van der Waals surface area (Å²) in [6, 6.07) is 18.2. The van der Waals surface area contributed by atoms with Crippen molar-refractivity contribution in [1.29, 1.82) is 0 Å². The minimum absolute atomic E-state index is 0.0519. The van der Waals surface area contributed by atoms with Gasteiger partial charge in [-0.05, 0) is 49.4 Å². The molecule has 5 amide bonds. The Labute approximate surface area is 265 Å². The van der Waals surface area contributed by atoms with Crippen LogP contribution in [0.1, 0.15) is 51.5 Å². The molecule has 1 aliphatic heterocycles. The van der Waals surface area contributed by atoms with Crippen molar-refractivity contribution in [3.05, 3.63) is 66.2 Å². The Hall–Kier alpha value is -4.31. The molecule has 0 radical (unpaired) electrons. The summed E-state index contributed by atoms with van der Waals surface area (Å²) in [7, 11) is 1.72. The van der Waals surface area contributed by atoms with Crippen molar-refractivity contribution >= 4 is 40.1 Å². The zero-order chi connectivity index (χ0) is 31.9. The number of carbonyl (C=O) groups excluding carboxylic acids is 3. The molecule has 4 N–H and O–H groups in total. The first-order valence-electron chi connectivity index (χ1n) is 16.0. The molecule has 3 aromatic rings. The van der Waals surface area contributed by atoms with Crippen LogP contribution >= 0.6 is 0 Å². The van der Waals surface area contributed by atoms with E-state index < -0.39 is 12.1 Å². The number of nitrogens with one attached hydrogen (secondary N) is 3. The van der Waals surface area contributed by atoms with Crippen LogP contribution in [0.2, 0.25) is 0 Å². The smallest absolute Gasteiger partial charge is 0.321 e. The minimum Gasteiger partial charge on any atom is -0.488 e. The highest BCUT2D eigenvalue weighted by molar-refractivity contribution is 6.01. The number of hydrogen-bond donors (Lipinski definition) is 4. The quantitative estimate of drug-likeness (QED) is 0.275. The van der Waals surface area contributed by atoms with E-state index in [1.165, 1.54) is 6.42 Å². The van der Waals surface area contributed by atoms with Gasteiger partial charge in [-0.3, -0.25) is 4.79 Å². The number of hydrogen-bond acceptors (Lipinski definition) is 5. The second kappa shape index (κ2) is 14.6. The van der Waals surface area contributed by atoms with Gasteiger partial charge in [-0.1, -0.05) is 62.6 Å². The highest BCUT2D eigenvalue weighted by Crippen LogP contribution is 2.30. The maximum atomic E-state index is 13.6. The first kappa shape index (κ1) is 32.1. The number of likely N-dealkylation sites (N-methyl/N-ethyl adjacent to an activating group) is 1. The fourth-order valence-corrected chi connectivity index (χ4v) is 6.22. The minimum atomic E-state index is -0.459. The number of rotatable bonds is 7. The Kier molecular flexibility index (Phi) is 10.4. The van der Waals surface area contributed by atoms with E-state index in [0.717, 1.165) is 42.1 Å². The number of anilines is 2. The summed E-state index contributed by atoms with van der Waals surface area (Å²) < 4.78 is 6.57. The lowest BCUT2D eigenvalue weighted by Gasteiger charge is -2.34. The monoisotopic (exact) mass is 615 g/mol. The molecule has 10 heteroatoms. The average Bonchev–Trinajstić information content (AvgIpc) is 3.08. The molecule has 1 heterocycles. The van der Waals surface area contributed by atoms with Crippen molar-refractivity contribution in [2.45, 2.75) is 70.6 Å². The summed E-state index contributed by atoms with van der Waals surface area (Å²) in [4.78, 5) is 43.0. The number of carbonyl (C=O) groups is 3. The second-order valence-electron chi connectivity index (χ2n) is 12.5. The molecule has 3 atom stereocenters. The van der Waals surface area contributed by atoms with Crippen LogP contribution in [0.5, 0.6) is 5.75 Å². The lowest BCUT2D eigenvalue weighted by atomic mass is 9.96. The maximum absolute atomic E-state index is 13.6. The molecule has 10 nitrogen and oxygen atoms in total. The number of amides is 5. The van der Waals surface area contributed by atoms with Crippen molar-refractivity contribution in [3.63, 3.8) is 0 Å². The van der Waals surface area contributed by atoms with E-state index in [2.05, 4.69) is 16.0 Å². The Bertz CT molecular complexity index is 1500. The van der Waals surface area contributed by atoms with Crippen molar-refractivity contribution in [2.75, 3.05) is 37.4 Å². The van der Waals surface area contributed by atoms with E-state index in [4.69, 9.17) is 4.74 Å². The number of aliphatic hydroxyl groups is 1. The van der Waals surface area contributed by atoms with Crippen LogP contribution in [0.15, 0.2) is 60.7 Å². The van der Waals surface area contributed by atoms with E-state index in [9.17, 15) is 19.5 Å². The normalized spacial score (nSPS) is 19.7. The number of aliphatic hydroxyl groups excluding tert-OH is 1. The van der Waals surface area contributed by atoms with Crippen LogP contribution in [0.3, 0.4) is 0 Å². The highest BCUT2D eigenvalue weighted by atomic mass is 16.5. The molecule has 1 aliphatic carbocycles. The number of urea groups is 2. The van der Waals surface area contributed by atoms with Crippen LogP contribution in [0.4, 0.5) is 21.0 Å². The molecule has 45 heavy (non-hydrogen) atoms. The van der Waals surface area contributed by atoms with Gasteiger partial charge in [-0.25, -0.2) is 9.59 Å². The van der Waals surface area contributed by atoms with Gasteiger partial charge in [0.2, 0.25) is 5.91 Å². The molecule has 0 saturated heterocycles. The van der Waals surface area contributed by atoms with Gasteiger partial charge in [0, 0.05) is 42.2 Å². The predicted octanol–water partition coefficient (Wildman–Crippen LogP) is 5.61. The lowest BCUT2D eigenvalue weighted by molar-refractivity contribution is -0.134.